The van der Waals surface area contributed by atoms with Crippen LogP contribution in [0.1, 0.15) is 24.4 Å². The summed E-state index contributed by atoms with van der Waals surface area (Å²) in [6, 6.07) is 11.5. The van der Waals surface area contributed by atoms with Crippen LogP contribution >= 0.6 is 0 Å². The van der Waals surface area contributed by atoms with E-state index in [0.29, 0.717) is 30.6 Å². The summed E-state index contributed by atoms with van der Waals surface area (Å²) in [5, 5.41) is 15.1. The molecule has 2 aliphatic rings. The summed E-state index contributed by atoms with van der Waals surface area (Å²) < 4.78 is 13.1. The molecule has 0 bridgehead atoms. The molecule has 0 saturated carbocycles. The summed E-state index contributed by atoms with van der Waals surface area (Å²) >= 11 is 0. The predicted molar refractivity (Wildman–Crippen MR) is 155 cm³/mol. The molecule has 214 valence electrons. The first kappa shape index (κ1) is 26.9. The van der Waals surface area contributed by atoms with Gasteiger partial charge in [-0.05, 0) is 43.2 Å². The lowest BCUT2D eigenvalue weighted by molar-refractivity contribution is 0.122. The summed E-state index contributed by atoms with van der Waals surface area (Å²) in [5.74, 6) is 2.12. The Morgan fingerprint density at radius 2 is 1.85 bits per heavy atom. The van der Waals surface area contributed by atoms with Crippen LogP contribution in [0.25, 0.3) is 22.4 Å². The number of methoxy groups -OCH3 is 1. The first-order valence-corrected chi connectivity index (χ1v) is 13.9. The Morgan fingerprint density at radius 1 is 1.10 bits per heavy atom. The zero-order valence-corrected chi connectivity index (χ0v) is 23.3. The molecule has 2 aliphatic heterocycles. The number of anilines is 2. The van der Waals surface area contributed by atoms with Crippen LogP contribution in [0.15, 0.2) is 48.8 Å². The molecule has 1 aromatic carbocycles. The van der Waals surface area contributed by atoms with Crippen molar-refractivity contribution in [3.8, 4) is 17.3 Å². The fourth-order valence-electron chi connectivity index (χ4n) is 5.56. The van der Waals surface area contributed by atoms with Crippen molar-refractivity contribution in [1.82, 2.24) is 29.6 Å². The first-order chi connectivity index (χ1) is 20.0. The van der Waals surface area contributed by atoms with Crippen molar-refractivity contribution in [3.05, 3.63) is 54.4 Å². The van der Waals surface area contributed by atoms with Crippen molar-refractivity contribution in [2.75, 3.05) is 63.4 Å². The molecule has 0 unspecified atom stereocenters. The van der Waals surface area contributed by atoms with Gasteiger partial charge in [-0.15, -0.1) is 0 Å². The van der Waals surface area contributed by atoms with E-state index in [1.54, 1.807) is 25.4 Å². The number of likely N-dealkylation sites (tertiary alicyclic amines) is 1. The number of aromatic nitrogens is 5. The Kier molecular flexibility index (Phi) is 7.66. The van der Waals surface area contributed by atoms with Gasteiger partial charge < -0.3 is 19.5 Å². The average molecular weight is 559 g/mol. The molecule has 3 aromatic heterocycles. The maximum Gasteiger partial charge on any atom is 0.411 e. The number of carboxylic acid groups (broad SMARTS) is 1. The molecule has 0 atom stereocenters. The second-order valence-electron chi connectivity index (χ2n) is 10.4. The Labute approximate surface area is 238 Å². The highest BCUT2D eigenvalue weighted by Crippen LogP contribution is 2.33. The normalized spacial score (nSPS) is 16.7. The van der Waals surface area contributed by atoms with Gasteiger partial charge in [0.15, 0.2) is 11.5 Å². The number of carbonyl (C=O) groups is 1. The van der Waals surface area contributed by atoms with Crippen molar-refractivity contribution in [1.29, 1.82) is 0 Å². The number of ether oxygens (including phenoxy) is 2. The number of fused-ring (bicyclic) bond motifs is 1. The summed E-state index contributed by atoms with van der Waals surface area (Å²) in [6.07, 6.45) is 4.52. The van der Waals surface area contributed by atoms with Crippen molar-refractivity contribution in [2.24, 2.45) is 0 Å². The van der Waals surface area contributed by atoms with E-state index in [-0.39, 0.29) is 6.04 Å². The predicted octanol–water partition coefficient (Wildman–Crippen LogP) is 3.68. The number of hydrogen-bond acceptors (Lipinski definition) is 9. The van der Waals surface area contributed by atoms with E-state index in [4.69, 9.17) is 24.5 Å². The van der Waals surface area contributed by atoms with Gasteiger partial charge in [-0.3, -0.25) is 9.80 Å². The molecular formula is C29H34N8O4. The van der Waals surface area contributed by atoms with E-state index in [9.17, 15) is 9.90 Å². The smallest absolute Gasteiger partial charge is 0.411 e. The van der Waals surface area contributed by atoms with Crippen LogP contribution in [0.5, 0.6) is 5.88 Å². The fraction of sp³-hybridized carbons (Fsp3) is 0.414. The van der Waals surface area contributed by atoms with Crippen LogP contribution in [0, 0.1) is 0 Å². The lowest BCUT2D eigenvalue weighted by Crippen LogP contribution is -2.37. The summed E-state index contributed by atoms with van der Waals surface area (Å²) in [6.45, 7) is 5.43. The Hall–Kier alpha value is -4.29. The monoisotopic (exact) mass is 558 g/mol. The third kappa shape index (κ3) is 5.52. The molecule has 4 aromatic rings. The van der Waals surface area contributed by atoms with Gasteiger partial charge in [0.2, 0.25) is 5.88 Å². The molecule has 2 fully saturated rings. The van der Waals surface area contributed by atoms with Gasteiger partial charge in [-0.1, -0.05) is 6.07 Å². The van der Waals surface area contributed by atoms with Gasteiger partial charge in [0, 0.05) is 62.8 Å². The van der Waals surface area contributed by atoms with E-state index in [1.807, 2.05) is 24.4 Å². The minimum Gasteiger partial charge on any atom is -0.481 e. The number of nitrogens with zero attached hydrogens (tertiary/aromatic N) is 8. The number of piperidine rings is 1. The lowest BCUT2D eigenvalue weighted by Gasteiger charge is -2.32. The number of amides is 1. The number of hydrogen-bond donors (Lipinski definition) is 1. The highest BCUT2D eigenvalue weighted by atomic mass is 16.5. The van der Waals surface area contributed by atoms with Crippen LogP contribution in [0.2, 0.25) is 0 Å². The van der Waals surface area contributed by atoms with Gasteiger partial charge in [0.25, 0.3) is 0 Å². The van der Waals surface area contributed by atoms with E-state index in [1.165, 1.54) is 11.9 Å². The standard InChI is InChI=1S/C29H34N8O4/c1-34(29(38)39)22-7-5-20(6-8-22)25-32-26(36-14-16-41-17-15-36)24-18-31-37(27(24)33-25)23-9-12-35(13-10-23)19-21-4-3-11-30-28(21)40-2/h3-8,11,18,23H,9-10,12-17,19H2,1-2H3,(H,38,39). The zero-order valence-electron chi connectivity index (χ0n) is 23.3. The van der Waals surface area contributed by atoms with E-state index < -0.39 is 6.09 Å². The second kappa shape index (κ2) is 11.7. The third-order valence-electron chi connectivity index (χ3n) is 7.88. The third-order valence-corrected chi connectivity index (χ3v) is 7.88. The van der Waals surface area contributed by atoms with Gasteiger partial charge in [0.05, 0.1) is 37.9 Å². The van der Waals surface area contributed by atoms with Crippen molar-refractivity contribution >= 4 is 28.6 Å². The first-order valence-electron chi connectivity index (χ1n) is 13.9. The molecule has 0 aliphatic carbocycles. The highest BCUT2D eigenvalue weighted by molar-refractivity contribution is 5.89. The minimum atomic E-state index is -1.01. The summed E-state index contributed by atoms with van der Waals surface area (Å²) in [5.41, 5.74) is 3.30. The van der Waals surface area contributed by atoms with Crippen LogP contribution < -0.4 is 14.5 Å². The minimum absolute atomic E-state index is 0.214. The van der Waals surface area contributed by atoms with Gasteiger partial charge in [-0.25, -0.2) is 24.4 Å². The van der Waals surface area contributed by atoms with Gasteiger partial charge >= 0.3 is 6.09 Å². The van der Waals surface area contributed by atoms with E-state index in [0.717, 1.165) is 73.5 Å². The van der Waals surface area contributed by atoms with Crippen molar-refractivity contribution in [2.45, 2.75) is 25.4 Å². The Bertz CT molecular complexity index is 1510. The molecule has 41 heavy (non-hydrogen) atoms. The van der Waals surface area contributed by atoms with Crippen molar-refractivity contribution in [3.63, 3.8) is 0 Å². The average Bonchev–Trinajstić information content (AvgIpc) is 3.45. The maximum atomic E-state index is 11.4. The second-order valence-corrected chi connectivity index (χ2v) is 10.4. The molecule has 2 saturated heterocycles. The van der Waals surface area contributed by atoms with Crippen LogP contribution in [-0.2, 0) is 11.3 Å². The molecule has 12 heteroatoms. The molecular weight excluding hydrogens is 524 g/mol. The Morgan fingerprint density at radius 3 is 2.56 bits per heavy atom. The number of pyridine rings is 1. The summed E-state index contributed by atoms with van der Waals surface area (Å²) in [7, 11) is 3.18. The molecule has 1 N–H and O–H groups in total. The Balaban J connectivity index is 1.29. The van der Waals surface area contributed by atoms with Crippen LogP contribution in [0.3, 0.4) is 0 Å². The van der Waals surface area contributed by atoms with E-state index in [2.05, 4.69) is 25.5 Å². The zero-order chi connectivity index (χ0) is 28.3. The molecule has 1 amide bonds. The molecule has 12 nitrogen and oxygen atoms in total. The molecule has 0 radical (unpaired) electrons. The van der Waals surface area contributed by atoms with Gasteiger partial charge in [0.1, 0.15) is 5.82 Å². The number of morpholine rings is 1. The highest BCUT2D eigenvalue weighted by Gasteiger charge is 2.27. The number of rotatable bonds is 7. The topological polar surface area (TPSA) is 122 Å². The van der Waals surface area contributed by atoms with Gasteiger partial charge in [-0.2, -0.15) is 5.10 Å². The molecule has 5 heterocycles. The molecule has 0 spiro atoms. The van der Waals surface area contributed by atoms with Crippen LogP contribution in [-0.4, -0.2) is 94.4 Å². The summed E-state index contributed by atoms with van der Waals surface area (Å²) in [4.78, 5) is 31.6. The lowest BCUT2D eigenvalue weighted by atomic mass is 10.0. The number of benzene rings is 1. The largest absolute Gasteiger partial charge is 0.481 e. The molecule has 6 rings (SSSR count). The van der Waals surface area contributed by atoms with Crippen LogP contribution in [0.4, 0.5) is 16.3 Å². The van der Waals surface area contributed by atoms with E-state index >= 15 is 0 Å². The van der Waals surface area contributed by atoms with Crippen molar-refractivity contribution < 1.29 is 19.4 Å². The quantitative estimate of drug-likeness (QED) is 0.359. The maximum absolute atomic E-state index is 11.4. The fourth-order valence-corrected chi connectivity index (χ4v) is 5.56. The SMILES string of the molecule is COc1ncccc1CN1CCC(n2ncc3c(N4CCOCC4)nc(-c4ccc(N(C)C(=O)O)cc4)nc32)CC1.